The van der Waals surface area contributed by atoms with Gasteiger partial charge in [-0.1, -0.05) is 6.42 Å². The average Bonchev–Trinajstić information content (AvgIpc) is 3.26. The van der Waals surface area contributed by atoms with Crippen molar-refractivity contribution >= 4 is 33.2 Å². The number of halogens is 1. The molecule has 0 spiro atoms. The van der Waals surface area contributed by atoms with Crippen LogP contribution in [-0.4, -0.2) is 32.4 Å². The van der Waals surface area contributed by atoms with Crippen molar-refractivity contribution in [2.24, 2.45) is 5.92 Å². The minimum absolute atomic E-state index is 0.185. The number of hydrogen-bond acceptors (Lipinski definition) is 6. The quantitative estimate of drug-likeness (QED) is 0.408. The van der Waals surface area contributed by atoms with Gasteiger partial charge in [0.25, 0.3) is 0 Å². The topological polar surface area (TPSA) is 101 Å². The normalized spacial score (nSPS) is 19.5. The number of aliphatic hydroxyl groups excluding tert-OH is 1. The van der Waals surface area contributed by atoms with Crippen LogP contribution in [0.4, 0.5) is 11.6 Å². The molecule has 3 heterocycles. The van der Waals surface area contributed by atoms with Crippen molar-refractivity contribution < 1.29 is 9.84 Å². The second kappa shape index (κ2) is 7.69. The van der Waals surface area contributed by atoms with E-state index < -0.39 is 0 Å². The van der Waals surface area contributed by atoms with Crippen molar-refractivity contribution in [1.82, 2.24) is 14.6 Å². The molecule has 0 unspecified atom stereocenters. The van der Waals surface area contributed by atoms with Crippen molar-refractivity contribution in [1.29, 1.82) is 0 Å². The Balaban J connectivity index is 1.60. The number of fused-ring (bicyclic) bond motifs is 1. The standard InChI is InChI=1S/C18H21BrN6O2/c19-14-9-21-25-17(20-8-12-3-2-6-24(27)10-12)7-16(23-18(14)25)22-15-5-1-4-13(15)11-26/h2-3,6-7,9-10,13,15,20,26H,1,4-5,8,11H2,(H,22,23)/t13-,15-/m0/s1. The predicted octanol–water partition coefficient (Wildman–Crippen LogP) is 2.31. The fourth-order valence-corrected chi connectivity index (χ4v) is 3.92. The Morgan fingerprint density at radius 2 is 2.30 bits per heavy atom. The van der Waals surface area contributed by atoms with E-state index >= 15 is 0 Å². The maximum Gasteiger partial charge on any atom is 0.185 e. The Morgan fingerprint density at radius 1 is 1.41 bits per heavy atom. The highest BCUT2D eigenvalue weighted by molar-refractivity contribution is 9.10. The Bertz CT molecular complexity index is 947. The van der Waals surface area contributed by atoms with E-state index in [0.29, 0.717) is 12.2 Å². The smallest absolute Gasteiger partial charge is 0.185 e. The molecule has 0 saturated heterocycles. The molecule has 0 amide bonds. The Morgan fingerprint density at radius 3 is 3.11 bits per heavy atom. The lowest BCUT2D eigenvalue weighted by atomic mass is 10.1. The van der Waals surface area contributed by atoms with E-state index in [-0.39, 0.29) is 18.6 Å². The molecule has 3 N–H and O–H groups in total. The summed E-state index contributed by atoms with van der Waals surface area (Å²) < 4.78 is 3.31. The molecule has 0 bridgehead atoms. The first-order valence-corrected chi connectivity index (χ1v) is 9.76. The summed E-state index contributed by atoms with van der Waals surface area (Å²) in [5.74, 6) is 1.76. The van der Waals surface area contributed by atoms with Crippen LogP contribution in [0, 0.1) is 11.1 Å². The van der Waals surface area contributed by atoms with Crippen molar-refractivity contribution in [3.63, 3.8) is 0 Å². The van der Waals surface area contributed by atoms with Crippen LogP contribution in [0.5, 0.6) is 0 Å². The van der Waals surface area contributed by atoms with Crippen LogP contribution >= 0.6 is 15.9 Å². The molecule has 1 saturated carbocycles. The zero-order valence-corrected chi connectivity index (χ0v) is 16.3. The molecular formula is C18H21BrN6O2. The van der Waals surface area contributed by atoms with E-state index in [9.17, 15) is 10.3 Å². The zero-order valence-electron chi connectivity index (χ0n) is 14.7. The first-order valence-electron chi connectivity index (χ1n) is 8.97. The second-order valence-corrected chi connectivity index (χ2v) is 7.66. The Labute approximate surface area is 165 Å². The van der Waals surface area contributed by atoms with E-state index in [2.05, 4.69) is 36.6 Å². The molecule has 9 heteroatoms. The van der Waals surface area contributed by atoms with Gasteiger partial charge in [0.2, 0.25) is 0 Å². The summed E-state index contributed by atoms with van der Waals surface area (Å²) in [5, 5.41) is 32.2. The minimum atomic E-state index is 0.185. The van der Waals surface area contributed by atoms with Gasteiger partial charge in [0.15, 0.2) is 18.0 Å². The molecule has 1 aliphatic rings. The lowest BCUT2D eigenvalue weighted by molar-refractivity contribution is -0.605. The number of nitrogens with one attached hydrogen (secondary N) is 2. The van der Waals surface area contributed by atoms with Crippen LogP contribution in [0.15, 0.2) is 41.3 Å². The predicted molar refractivity (Wildman–Crippen MR) is 105 cm³/mol. The van der Waals surface area contributed by atoms with Gasteiger partial charge in [0.1, 0.15) is 11.6 Å². The molecule has 3 aromatic rings. The summed E-state index contributed by atoms with van der Waals surface area (Å²) in [4.78, 5) is 4.66. The Hall–Kier alpha value is -2.39. The summed E-state index contributed by atoms with van der Waals surface area (Å²) in [6.07, 6.45) is 7.86. The number of aliphatic hydroxyl groups is 1. The third-order valence-electron chi connectivity index (χ3n) is 4.97. The summed E-state index contributed by atoms with van der Waals surface area (Å²) in [6.45, 7) is 0.673. The third kappa shape index (κ3) is 3.84. The lowest BCUT2D eigenvalue weighted by Crippen LogP contribution is -2.27. The van der Waals surface area contributed by atoms with E-state index in [0.717, 1.165) is 45.7 Å². The van der Waals surface area contributed by atoms with Gasteiger partial charge in [-0.05, 0) is 34.8 Å². The van der Waals surface area contributed by atoms with Crippen molar-refractivity contribution in [3.8, 4) is 0 Å². The fraction of sp³-hybridized carbons (Fsp3) is 0.389. The number of aromatic nitrogens is 4. The zero-order chi connectivity index (χ0) is 18.8. The Kier molecular flexibility index (Phi) is 5.13. The van der Waals surface area contributed by atoms with Crippen LogP contribution in [0.3, 0.4) is 0 Å². The van der Waals surface area contributed by atoms with Gasteiger partial charge in [0, 0.05) is 42.8 Å². The summed E-state index contributed by atoms with van der Waals surface area (Å²) in [6, 6.07) is 5.74. The number of anilines is 2. The van der Waals surface area contributed by atoms with Gasteiger partial charge in [-0.25, -0.2) is 4.98 Å². The molecule has 0 aromatic carbocycles. The number of rotatable bonds is 6. The second-order valence-electron chi connectivity index (χ2n) is 6.80. The molecule has 8 nitrogen and oxygen atoms in total. The largest absolute Gasteiger partial charge is 0.619 e. The van der Waals surface area contributed by atoms with Crippen LogP contribution in [0.2, 0.25) is 0 Å². The summed E-state index contributed by atoms with van der Waals surface area (Å²) >= 11 is 3.49. The highest BCUT2D eigenvalue weighted by Crippen LogP contribution is 2.29. The van der Waals surface area contributed by atoms with Crippen LogP contribution < -0.4 is 15.4 Å². The fourth-order valence-electron chi connectivity index (χ4n) is 3.57. The van der Waals surface area contributed by atoms with Crippen LogP contribution in [-0.2, 0) is 6.54 Å². The van der Waals surface area contributed by atoms with Gasteiger partial charge >= 0.3 is 0 Å². The van der Waals surface area contributed by atoms with E-state index in [1.165, 1.54) is 12.4 Å². The molecular weight excluding hydrogens is 412 g/mol. The molecule has 0 radical (unpaired) electrons. The molecule has 0 aliphatic heterocycles. The highest BCUT2D eigenvalue weighted by atomic mass is 79.9. The van der Waals surface area contributed by atoms with E-state index in [1.54, 1.807) is 16.8 Å². The van der Waals surface area contributed by atoms with Crippen LogP contribution in [0.25, 0.3) is 5.65 Å². The molecule has 4 rings (SSSR count). The highest BCUT2D eigenvalue weighted by Gasteiger charge is 2.27. The third-order valence-corrected chi connectivity index (χ3v) is 5.53. The maximum atomic E-state index is 11.4. The number of hydrogen-bond donors (Lipinski definition) is 3. The first kappa shape index (κ1) is 18.0. The number of pyridine rings is 1. The van der Waals surface area contributed by atoms with Gasteiger partial charge in [-0.15, -0.1) is 0 Å². The maximum absolute atomic E-state index is 11.4. The van der Waals surface area contributed by atoms with Crippen molar-refractivity contribution in [2.75, 3.05) is 17.2 Å². The van der Waals surface area contributed by atoms with Crippen molar-refractivity contribution in [2.45, 2.75) is 31.8 Å². The molecule has 142 valence electrons. The summed E-state index contributed by atoms with van der Waals surface area (Å²) in [7, 11) is 0. The molecule has 2 atom stereocenters. The van der Waals surface area contributed by atoms with Crippen LogP contribution in [0.1, 0.15) is 24.8 Å². The monoisotopic (exact) mass is 432 g/mol. The van der Waals surface area contributed by atoms with Gasteiger partial charge < -0.3 is 20.9 Å². The molecule has 3 aromatic heterocycles. The number of nitrogens with zero attached hydrogens (tertiary/aromatic N) is 4. The first-order chi connectivity index (χ1) is 13.1. The van der Waals surface area contributed by atoms with E-state index in [1.807, 2.05) is 12.1 Å². The molecule has 1 aliphatic carbocycles. The van der Waals surface area contributed by atoms with Crippen molar-refractivity contribution in [3.05, 3.63) is 52.0 Å². The lowest BCUT2D eigenvalue weighted by Gasteiger charge is -2.20. The summed E-state index contributed by atoms with van der Waals surface area (Å²) in [5.41, 5.74) is 1.57. The molecule has 27 heavy (non-hydrogen) atoms. The van der Waals surface area contributed by atoms with E-state index in [4.69, 9.17) is 0 Å². The average molecular weight is 433 g/mol. The minimum Gasteiger partial charge on any atom is -0.619 e. The van der Waals surface area contributed by atoms with Gasteiger partial charge in [-0.2, -0.15) is 14.3 Å². The molecule has 1 fully saturated rings. The SMILES string of the molecule is [O-][n+]1cccc(CNc2cc(N[C@H]3CCC[C@H]3CO)nc3c(Br)cnn23)c1. The van der Waals surface area contributed by atoms with Gasteiger partial charge in [-0.3, -0.25) is 0 Å². The van der Waals surface area contributed by atoms with Gasteiger partial charge in [0.05, 0.1) is 10.7 Å².